The monoisotopic (exact) mass is 194 g/mol. The molecule has 1 atom stereocenters. The van der Waals surface area contributed by atoms with Gasteiger partial charge in [0.25, 0.3) is 0 Å². The van der Waals surface area contributed by atoms with Crippen molar-refractivity contribution in [1.29, 1.82) is 0 Å². The predicted octanol–water partition coefficient (Wildman–Crippen LogP) is 1.68. The van der Waals surface area contributed by atoms with Crippen LogP contribution in [-0.4, -0.2) is 18.1 Å². The molecular weight excluding hydrogens is 176 g/mol. The van der Waals surface area contributed by atoms with Crippen LogP contribution in [0.2, 0.25) is 0 Å². The highest BCUT2D eigenvalue weighted by molar-refractivity contribution is 5.24. The lowest BCUT2D eigenvalue weighted by Gasteiger charge is -2.07. The molecule has 0 radical (unpaired) electrons. The van der Waals surface area contributed by atoms with E-state index >= 15 is 0 Å². The van der Waals surface area contributed by atoms with E-state index in [4.69, 9.17) is 10.5 Å². The highest BCUT2D eigenvalue weighted by atomic mass is 16.5. The Bertz CT molecular complexity index is 297. The lowest BCUT2D eigenvalue weighted by Crippen LogP contribution is -2.15. The van der Waals surface area contributed by atoms with Crippen molar-refractivity contribution in [3.05, 3.63) is 23.4 Å². The van der Waals surface area contributed by atoms with Crippen LogP contribution in [-0.2, 0) is 6.42 Å². The van der Waals surface area contributed by atoms with Gasteiger partial charge in [0.05, 0.1) is 7.11 Å². The number of hydrogen-bond donors (Lipinski definition) is 1. The van der Waals surface area contributed by atoms with Crippen molar-refractivity contribution in [3.8, 4) is 5.88 Å². The average Bonchev–Trinajstić information content (AvgIpc) is 2.14. The lowest BCUT2D eigenvalue weighted by atomic mass is 10.1. The Morgan fingerprint density at radius 3 is 2.79 bits per heavy atom. The standard InChI is InChI=1S/C11H18N2O/c1-8(12)4-5-10-6-9(2)13-11(7-10)14-3/h6-8H,4-5,12H2,1-3H3/t8-/m0/s1. The number of aromatic nitrogens is 1. The maximum Gasteiger partial charge on any atom is 0.213 e. The molecule has 0 aliphatic heterocycles. The van der Waals surface area contributed by atoms with Gasteiger partial charge in [0.2, 0.25) is 5.88 Å². The van der Waals surface area contributed by atoms with Crippen molar-refractivity contribution >= 4 is 0 Å². The minimum Gasteiger partial charge on any atom is -0.481 e. The van der Waals surface area contributed by atoms with Gasteiger partial charge in [-0.25, -0.2) is 4.98 Å². The van der Waals surface area contributed by atoms with E-state index in [0.29, 0.717) is 5.88 Å². The van der Waals surface area contributed by atoms with Crippen LogP contribution in [0.5, 0.6) is 5.88 Å². The Balaban J connectivity index is 2.71. The third-order valence-electron chi connectivity index (χ3n) is 2.09. The highest BCUT2D eigenvalue weighted by Gasteiger charge is 2.01. The normalized spacial score (nSPS) is 12.6. The molecule has 0 fully saturated rings. The zero-order chi connectivity index (χ0) is 10.6. The molecule has 3 nitrogen and oxygen atoms in total. The second-order valence-corrected chi connectivity index (χ2v) is 3.68. The van der Waals surface area contributed by atoms with Gasteiger partial charge in [-0.1, -0.05) is 0 Å². The molecule has 0 bridgehead atoms. The molecule has 0 aliphatic rings. The maximum atomic E-state index is 5.70. The van der Waals surface area contributed by atoms with Crippen molar-refractivity contribution in [2.24, 2.45) is 5.73 Å². The summed E-state index contributed by atoms with van der Waals surface area (Å²) in [5.74, 6) is 0.685. The topological polar surface area (TPSA) is 48.1 Å². The summed E-state index contributed by atoms with van der Waals surface area (Å²) in [7, 11) is 1.64. The third-order valence-corrected chi connectivity index (χ3v) is 2.09. The summed E-state index contributed by atoms with van der Waals surface area (Å²) in [6, 6.07) is 4.29. The van der Waals surface area contributed by atoms with Gasteiger partial charge in [-0.3, -0.25) is 0 Å². The minimum absolute atomic E-state index is 0.245. The molecule has 0 saturated heterocycles. The summed E-state index contributed by atoms with van der Waals surface area (Å²) in [6.45, 7) is 3.99. The van der Waals surface area contributed by atoms with Crippen LogP contribution in [0.1, 0.15) is 24.6 Å². The van der Waals surface area contributed by atoms with Crippen LogP contribution < -0.4 is 10.5 Å². The molecule has 1 aromatic rings. The van der Waals surface area contributed by atoms with Crippen LogP contribution >= 0.6 is 0 Å². The third kappa shape index (κ3) is 3.34. The maximum absolute atomic E-state index is 5.70. The fraction of sp³-hybridized carbons (Fsp3) is 0.545. The predicted molar refractivity (Wildman–Crippen MR) is 57.5 cm³/mol. The molecule has 0 spiro atoms. The first-order chi connectivity index (χ1) is 6.61. The van der Waals surface area contributed by atoms with Gasteiger partial charge in [0.1, 0.15) is 0 Å². The molecular formula is C11H18N2O. The highest BCUT2D eigenvalue weighted by Crippen LogP contribution is 2.13. The quantitative estimate of drug-likeness (QED) is 0.793. The van der Waals surface area contributed by atoms with Crippen LogP contribution in [0.3, 0.4) is 0 Å². The minimum atomic E-state index is 0.245. The van der Waals surface area contributed by atoms with Gasteiger partial charge >= 0.3 is 0 Å². The fourth-order valence-corrected chi connectivity index (χ4v) is 1.35. The Hall–Kier alpha value is -1.09. The van der Waals surface area contributed by atoms with Crippen LogP contribution in [0, 0.1) is 6.92 Å². The van der Waals surface area contributed by atoms with Gasteiger partial charge in [0.15, 0.2) is 0 Å². The summed E-state index contributed by atoms with van der Waals surface area (Å²) in [4.78, 5) is 4.23. The van der Waals surface area contributed by atoms with Crippen LogP contribution in [0.15, 0.2) is 12.1 Å². The van der Waals surface area contributed by atoms with E-state index in [2.05, 4.69) is 11.1 Å². The second kappa shape index (κ2) is 4.96. The lowest BCUT2D eigenvalue weighted by molar-refractivity contribution is 0.396. The molecule has 14 heavy (non-hydrogen) atoms. The summed E-state index contributed by atoms with van der Waals surface area (Å²) in [6.07, 6.45) is 1.98. The Labute approximate surface area is 85.3 Å². The molecule has 78 valence electrons. The first-order valence-electron chi connectivity index (χ1n) is 4.89. The van der Waals surface area contributed by atoms with E-state index in [1.54, 1.807) is 7.11 Å². The van der Waals surface area contributed by atoms with Crippen molar-refractivity contribution in [2.45, 2.75) is 32.7 Å². The van der Waals surface area contributed by atoms with Gasteiger partial charge in [-0.2, -0.15) is 0 Å². The largest absolute Gasteiger partial charge is 0.481 e. The molecule has 0 aliphatic carbocycles. The van der Waals surface area contributed by atoms with E-state index < -0.39 is 0 Å². The molecule has 0 amide bonds. The number of rotatable bonds is 4. The number of nitrogens with zero attached hydrogens (tertiary/aromatic N) is 1. The molecule has 3 heteroatoms. The SMILES string of the molecule is COc1cc(CC[C@H](C)N)cc(C)n1. The van der Waals surface area contributed by atoms with Crippen LogP contribution in [0.25, 0.3) is 0 Å². The molecule has 1 rings (SSSR count). The number of pyridine rings is 1. The van der Waals surface area contributed by atoms with Crippen molar-refractivity contribution in [1.82, 2.24) is 4.98 Å². The molecule has 0 aromatic carbocycles. The van der Waals surface area contributed by atoms with E-state index in [9.17, 15) is 0 Å². The van der Waals surface area contributed by atoms with E-state index in [1.807, 2.05) is 19.9 Å². The van der Waals surface area contributed by atoms with E-state index in [1.165, 1.54) is 5.56 Å². The second-order valence-electron chi connectivity index (χ2n) is 3.68. The molecule has 2 N–H and O–H groups in total. The first-order valence-corrected chi connectivity index (χ1v) is 4.89. The van der Waals surface area contributed by atoms with Crippen LogP contribution in [0.4, 0.5) is 0 Å². The van der Waals surface area contributed by atoms with E-state index in [-0.39, 0.29) is 6.04 Å². The van der Waals surface area contributed by atoms with Gasteiger partial charge in [-0.05, 0) is 38.3 Å². The number of aryl methyl sites for hydroxylation is 2. The number of ether oxygens (including phenoxy) is 1. The molecule has 0 saturated carbocycles. The summed E-state index contributed by atoms with van der Waals surface area (Å²) in [5.41, 5.74) is 7.93. The van der Waals surface area contributed by atoms with Crippen molar-refractivity contribution in [2.75, 3.05) is 7.11 Å². The smallest absolute Gasteiger partial charge is 0.213 e. The summed E-state index contributed by atoms with van der Waals surface area (Å²) < 4.78 is 5.10. The van der Waals surface area contributed by atoms with Gasteiger partial charge < -0.3 is 10.5 Å². The average molecular weight is 194 g/mol. The Morgan fingerprint density at radius 1 is 1.50 bits per heavy atom. The summed E-state index contributed by atoms with van der Waals surface area (Å²) >= 11 is 0. The van der Waals surface area contributed by atoms with Gasteiger partial charge in [-0.15, -0.1) is 0 Å². The Kier molecular flexibility index (Phi) is 3.89. The van der Waals surface area contributed by atoms with Gasteiger partial charge in [0, 0.05) is 17.8 Å². The molecule has 0 unspecified atom stereocenters. The fourth-order valence-electron chi connectivity index (χ4n) is 1.35. The summed E-state index contributed by atoms with van der Waals surface area (Å²) in [5, 5.41) is 0. The Morgan fingerprint density at radius 2 is 2.21 bits per heavy atom. The first kappa shape index (κ1) is 11.0. The van der Waals surface area contributed by atoms with Crippen molar-refractivity contribution in [3.63, 3.8) is 0 Å². The number of hydrogen-bond acceptors (Lipinski definition) is 3. The molecule has 1 aromatic heterocycles. The van der Waals surface area contributed by atoms with E-state index in [0.717, 1.165) is 18.5 Å². The number of methoxy groups -OCH3 is 1. The molecule has 1 heterocycles. The zero-order valence-corrected chi connectivity index (χ0v) is 9.08. The zero-order valence-electron chi connectivity index (χ0n) is 9.08. The van der Waals surface area contributed by atoms with Crippen molar-refractivity contribution < 1.29 is 4.74 Å². The number of nitrogens with two attached hydrogens (primary N) is 1.